The Morgan fingerprint density at radius 1 is 1.19 bits per heavy atom. The highest BCUT2D eigenvalue weighted by Crippen LogP contribution is 2.17. The Labute approximate surface area is 158 Å². The van der Waals surface area contributed by atoms with Gasteiger partial charge in [0, 0.05) is 39.5 Å². The van der Waals surface area contributed by atoms with E-state index in [9.17, 15) is 0 Å². The molecule has 146 valence electrons. The average Bonchev–Trinajstić information content (AvgIpc) is 2.94. The summed E-state index contributed by atoms with van der Waals surface area (Å²) in [6.45, 7) is 10.5. The molecule has 6 heteroatoms. The second kappa shape index (κ2) is 10.4. The van der Waals surface area contributed by atoms with Crippen LogP contribution in [-0.2, 0) is 11.3 Å². The van der Waals surface area contributed by atoms with Gasteiger partial charge in [-0.25, -0.2) is 9.98 Å². The van der Waals surface area contributed by atoms with Crippen molar-refractivity contribution in [3.05, 3.63) is 23.9 Å². The summed E-state index contributed by atoms with van der Waals surface area (Å²) in [7, 11) is 1.73. The lowest BCUT2D eigenvalue weighted by molar-refractivity contribution is 0.0268. The smallest absolute Gasteiger partial charge is 0.191 e. The topological polar surface area (TPSA) is 61.8 Å². The van der Waals surface area contributed by atoms with Crippen LogP contribution in [0.15, 0.2) is 23.3 Å². The molecule has 26 heavy (non-hydrogen) atoms. The van der Waals surface area contributed by atoms with Gasteiger partial charge >= 0.3 is 0 Å². The first-order valence-electron chi connectivity index (χ1n) is 9.81. The van der Waals surface area contributed by atoms with Crippen LogP contribution < -0.4 is 15.5 Å². The van der Waals surface area contributed by atoms with Crippen molar-refractivity contribution in [2.24, 2.45) is 4.99 Å². The highest BCUT2D eigenvalue weighted by molar-refractivity contribution is 5.79. The average molecular weight is 362 g/mol. The molecule has 0 atom stereocenters. The fraction of sp³-hybridized carbons (Fsp3) is 0.700. The van der Waals surface area contributed by atoms with Crippen molar-refractivity contribution in [2.75, 3.05) is 38.2 Å². The molecule has 1 aromatic rings. The summed E-state index contributed by atoms with van der Waals surface area (Å²) in [5.41, 5.74) is 0.888. The van der Waals surface area contributed by atoms with E-state index in [1.54, 1.807) is 7.11 Å². The zero-order valence-corrected chi connectivity index (χ0v) is 16.8. The van der Waals surface area contributed by atoms with E-state index >= 15 is 0 Å². The van der Waals surface area contributed by atoms with Gasteiger partial charge in [0.15, 0.2) is 5.96 Å². The van der Waals surface area contributed by atoms with Crippen molar-refractivity contribution in [1.82, 2.24) is 15.6 Å². The van der Waals surface area contributed by atoms with Gasteiger partial charge in [0.2, 0.25) is 0 Å². The van der Waals surface area contributed by atoms with E-state index in [1.807, 2.05) is 6.20 Å². The molecule has 0 aromatic carbocycles. The number of pyridine rings is 1. The Hall–Kier alpha value is -1.82. The predicted octanol–water partition coefficient (Wildman–Crippen LogP) is 2.94. The van der Waals surface area contributed by atoms with E-state index in [1.165, 1.54) is 25.7 Å². The molecule has 0 spiro atoms. The normalized spacial score (nSPS) is 16.3. The van der Waals surface area contributed by atoms with Crippen LogP contribution in [-0.4, -0.2) is 49.8 Å². The van der Waals surface area contributed by atoms with E-state index < -0.39 is 0 Å². The van der Waals surface area contributed by atoms with Gasteiger partial charge in [-0.1, -0.05) is 18.9 Å². The fourth-order valence-electron chi connectivity index (χ4n) is 2.88. The molecule has 0 bridgehead atoms. The number of aliphatic imine (C=N–C) groups is 1. The molecule has 6 nitrogen and oxygen atoms in total. The maximum Gasteiger partial charge on any atom is 0.191 e. The summed E-state index contributed by atoms with van der Waals surface area (Å²) in [5, 5.41) is 6.61. The van der Waals surface area contributed by atoms with Gasteiger partial charge in [-0.05, 0) is 45.2 Å². The number of hydrogen-bond acceptors (Lipinski definition) is 4. The summed E-state index contributed by atoms with van der Waals surface area (Å²) >= 11 is 0. The zero-order valence-electron chi connectivity index (χ0n) is 16.8. The molecule has 0 radical (unpaired) electrons. The van der Waals surface area contributed by atoms with E-state index in [4.69, 9.17) is 4.74 Å². The molecule has 1 aliphatic heterocycles. The number of methoxy groups -OCH3 is 1. The van der Waals surface area contributed by atoms with E-state index in [0.29, 0.717) is 13.1 Å². The second-order valence-corrected chi connectivity index (χ2v) is 7.44. The van der Waals surface area contributed by atoms with Crippen LogP contribution >= 0.6 is 0 Å². The van der Waals surface area contributed by atoms with Gasteiger partial charge < -0.3 is 20.3 Å². The lowest BCUT2D eigenvalue weighted by atomic mass is 10.1. The van der Waals surface area contributed by atoms with Crippen molar-refractivity contribution in [2.45, 2.75) is 58.6 Å². The maximum atomic E-state index is 5.45. The fourth-order valence-corrected chi connectivity index (χ4v) is 2.88. The molecule has 2 rings (SSSR count). The number of aromatic nitrogens is 1. The monoisotopic (exact) mass is 361 g/mol. The third kappa shape index (κ3) is 6.83. The van der Waals surface area contributed by atoms with E-state index in [2.05, 4.69) is 58.4 Å². The van der Waals surface area contributed by atoms with E-state index in [-0.39, 0.29) is 5.60 Å². The third-order valence-corrected chi connectivity index (χ3v) is 4.74. The van der Waals surface area contributed by atoms with Crippen LogP contribution in [0.4, 0.5) is 5.82 Å². The summed E-state index contributed by atoms with van der Waals surface area (Å²) in [6, 6.07) is 4.27. The lowest BCUT2D eigenvalue weighted by Gasteiger charge is -2.24. The summed E-state index contributed by atoms with van der Waals surface area (Å²) in [6.07, 6.45) is 7.16. The Balaban J connectivity index is 1.93. The predicted molar refractivity (Wildman–Crippen MR) is 109 cm³/mol. The minimum Gasteiger partial charge on any atom is -0.377 e. The highest BCUT2D eigenvalue weighted by atomic mass is 16.5. The Kier molecular flexibility index (Phi) is 8.16. The van der Waals surface area contributed by atoms with Gasteiger partial charge in [-0.2, -0.15) is 0 Å². The minimum atomic E-state index is -0.230. The van der Waals surface area contributed by atoms with Crippen LogP contribution in [0, 0.1) is 0 Å². The highest BCUT2D eigenvalue weighted by Gasteiger charge is 2.16. The van der Waals surface area contributed by atoms with Crippen LogP contribution in [0.1, 0.15) is 52.0 Å². The summed E-state index contributed by atoms with van der Waals surface area (Å²) < 4.78 is 5.45. The van der Waals surface area contributed by atoms with Crippen LogP contribution in [0.2, 0.25) is 0 Å². The Bertz CT molecular complexity index is 548. The number of anilines is 1. The van der Waals surface area contributed by atoms with Crippen molar-refractivity contribution in [3.63, 3.8) is 0 Å². The van der Waals surface area contributed by atoms with Crippen LogP contribution in [0.25, 0.3) is 0 Å². The molecule has 0 saturated carbocycles. The molecule has 0 unspecified atom stereocenters. The molecule has 0 amide bonds. The molecular formula is C20H35N5O. The SMILES string of the molecule is CCNC(=NCc1ccc(N2CCCCCC2)nc1)NCC(C)(C)OC. The van der Waals surface area contributed by atoms with Crippen molar-refractivity contribution >= 4 is 11.8 Å². The van der Waals surface area contributed by atoms with Crippen molar-refractivity contribution in [1.29, 1.82) is 0 Å². The maximum absolute atomic E-state index is 5.45. The molecule has 0 aliphatic carbocycles. The number of nitrogens with one attached hydrogen (secondary N) is 2. The molecule has 2 N–H and O–H groups in total. The van der Waals surface area contributed by atoms with Gasteiger partial charge in [0.1, 0.15) is 5.82 Å². The zero-order chi connectivity index (χ0) is 18.8. The molecule has 1 aromatic heterocycles. The number of hydrogen-bond donors (Lipinski definition) is 2. The molecule has 1 saturated heterocycles. The van der Waals surface area contributed by atoms with Crippen molar-refractivity contribution < 1.29 is 4.74 Å². The van der Waals surface area contributed by atoms with Gasteiger partial charge in [0.05, 0.1) is 12.1 Å². The minimum absolute atomic E-state index is 0.230. The molecular weight excluding hydrogens is 326 g/mol. The van der Waals surface area contributed by atoms with Crippen molar-refractivity contribution in [3.8, 4) is 0 Å². The summed E-state index contributed by atoms with van der Waals surface area (Å²) in [5.74, 6) is 1.89. The molecule has 1 fully saturated rings. The van der Waals surface area contributed by atoms with Crippen LogP contribution in [0.5, 0.6) is 0 Å². The van der Waals surface area contributed by atoms with E-state index in [0.717, 1.165) is 37.0 Å². The number of rotatable bonds is 7. The summed E-state index contributed by atoms with van der Waals surface area (Å²) in [4.78, 5) is 11.7. The number of nitrogens with zero attached hydrogens (tertiary/aromatic N) is 3. The lowest BCUT2D eigenvalue weighted by Crippen LogP contribution is -2.45. The number of ether oxygens (including phenoxy) is 1. The van der Waals surface area contributed by atoms with Gasteiger partial charge in [-0.15, -0.1) is 0 Å². The largest absolute Gasteiger partial charge is 0.377 e. The second-order valence-electron chi connectivity index (χ2n) is 7.44. The Morgan fingerprint density at radius 3 is 2.50 bits per heavy atom. The molecule has 2 heterocycles. The van der Waals surface area contributed by atoms with Gasteiger partial charge in [0.25, 0.3) is 0 Å². The first kappa shape index (κ1) is 20.5. The first-order valence-corrected chi connectivity index (χ1v) is 9.81. The van der Waals surface area contributed by atoms with Gasteiger partial charge in [-0.3, -0.25) is 0 Å². The standard InChI is InChI=1S/C20H35N5O/c1-5-21-19(24-16-20(2,3)26-4)23-15-17-10-11-18(22-14-17)25-12-8-6-7-9-13-25/h10-11,14H,5-9,12-13,15-16H2,1-4H3,(H2,21,23,24). The van der Waals surface area contributed by atoms with Crippen LogP contribution in [0.3, 0.4) is 0 Å². The third-order valence-electron chi connectivity index (χ3n) is 4.74. The quantitative estimate of drug-likeness (QED) is 0.577. The number of guanidine groups is 1. The first-order chi connectivity index (χ1) is 12.5. The molecule has 1 aliphatic rings. The Morgan fingerprint density at radius 2 is 1.92 bits per heavy atom.